The Morgan fingerprint density at radius 2 is 1.69 bits per heavy atom. The zero-order chi connectivity index (χ0) is 23.3. The molecule has 0 aliphatic carbocycles. The zero-order valence-corrected chi connectivity index (χ0v) is 18.2. The van der Waals surface area contributed by atoms with Crippen molar-refractivity contribution in [2.45, 2.75) is 11.5 Å². The van der Waals surface area contributed by atoms with E-state index in [1.165, 1.54) is 54.9 Å². The molecular formula is C20H22F2N2O7S. The van der Waals surface area contributed by atoms with Crippen molar-refractivity contribution < 1.29 is 40.9 Å². The van der Waals surface area contributed by atoms with E-state index in [0.29, 0.717) is 13.2 Å². The molecule has 1 aliphatic heterocycles. The molecule has 0 radical (unpaired) electrons. The van der Waals surface area contributed by atoms with Crippen molar-refractivity contribution in [3.8, 4) is 17.2 Å². The van der Waals surface area contributed by atoms with Crippen LogP contribution in [0.15, 0.2) is 41.3 Å². The number of methoxy groups -OCH3 is 2. The average Bonchev–Trinajstić information content (AvgIpc) is 2.79. The van der Waals surface area contributed by atoms with Crippen molar-refractivity contribution in [1.29, 1.82) is 0 Å². The molecule has 2 aromatic rings. The normalized spacial score (nSPS) is 14.8. The van der Waals surface area contributed by atoms with Gasteiger partial charge in [0, 0.05) is 18.7 Å². The molecule has 3 rings (SSSR count). The number of hydrogen-bond donors (Lipinski definition) is 1. The van der Waals surface area contributed by atoms with Crippen molar-refractivity contribution in [2.24, 2.45) is 0 Å². The standard InChI is InChI=1S/C20H22F2N2O7S/c1-28-16-6-4-14(32(26,27)24-7-9-30-10-8-24)12-15(16)23-19(25)13-3-5-17(31-20(21)22)18(11-13)29-2/h3-6,11-12,20H,7-10H2,1-2H3,(H,23,25). The molecule has 0 atom stereocenters. The molecule has 1 saturated heterocycles. The lowest BCUT2D eigenvalue weighted by Crippen LogP contribution is -2.40. The number of ether oxygens (including phenoxy) is 4. The van der Waals surface area contributed by atoms with E-state index in [0.717, 1.165) is 0 Å². The van der Waals surface area contributed by atoms with Gasteiger partial charge in [0.1, 0.15) is 5.75 Å². The van der Waals surface area contributed by atoms with Crippen LogP contribution in [0.2, 0.25) is 0 Å². The van der Waals surface area contributed by atoms with E-state index < -0.39 is 22.5 Å². The zero-order valence-electron chi connectivity index (χ0n) is 17.3. The maximum Gasteiger partial charge on any atom is 0.387 e. The van der Waals surface area contributed by atoms with Crippen LogP contribution in [-0.2, 0) is 14.8 Å². The SMILES string of the molecule is COc1ccc(S(=O)(=O)N2CCOCC2)cc1NC(=O)c1ccc(OC(F)F)c(OC)c1. The minimum absolute atomic E-state index is 0.0197. The Labute approximate surface area is 183 Å². The Kier molecular flexibility index (Phi) is 7.48. The summed E-state index contributed by atoms with van der Waals surface area (Å²) < 4.78 is 72.0. The van der Waals surface area contributed by atoms with Gasteiger partial charge in [-0.05, 0) is 36.4 Å². The fourth-order valence-electron chi connectivity index (χ4n) is 3.08. The van der Waals surface area contributed by atoms with Crippen molar-refractivity contribution in [3.63, 3.8) is 0 Å². The smallest absolute Gasteiger partial charge is 0.387 e. The van der Waals surface area contributed by atoms with E-state index in [4.69, 9.17) is 14.2 Å². The average molecular weight is 472 g/mol. The first-order valence-electron chi connectivity index (χ1n) is 9.46. The summed E-state index contributed by atoms with van der Waals surface area (Å²) in [6.07, 6.45) is 0. The molecule has 0 unspecified atom stereocenters. The Morgan fingerprint density at radius 1 is 1.03 bits per heavy atom. The van der Waals surface area contributed by atoms with Crippen molar-refractivity contribution in [1.82, 2.24) is 4.31 Å². The van der Waals surface area contributed by atoms with Crippen LogP contribution in [-0.4, -0.2) is 65.8 Å². The van der Waals surface area contributed by atoms with Gasteiger partial charge in [-0.15, -0.1) is 0 Å². The molecule has 1 fully saturated rings. The summed E-state index contributed by atoms with van der Waals surface area (Å²) in [6, 6.07) is 7.80. The molecule has 0 aromatic heterocycles. The molecule has 0 bridgehead atoms. The number of morpholine rings is 1. The van der Waals surface area contributed by atoms with Gasteiger partial charge >= 0.3 is 6.61 Å². The van der Waals surface area contributed by atoms with E-state index in [1.807, 2.05) is 0 Å². The highest BCUT2D eigenvalue weighted by molar-refractivity contribution is 7.89. The third-order valence-electron chi connectivity index (χ3n) is 4.67. The Balaban J connectivity index is 1.87. The molecule has 2 aromatic carbocycles. The van der Waals surface area contributed by atoms with E-state index in [1.54, 1.807) is 0 Å². The molecular weight excluding hydrogens is 450 g/mol. The largest absolute Gasteiger partial charge is 0.495 e. The Hall–Kier alpha value is -2.96. The van der Waals surface area contributed by atoms with E-state index >= 15 is 0 Å². The predicted molar refractivity (Wildman–Crippen MR) is 110 cm³/mol. The number of hydrogen-bond acceptors (Lipinski definition) is 7. The monoisotopic (exact) mass is 472 g/mol. The lowest BCUT2D eigenvalue weighted by atomic mass is 10.1. The van der Waals surface area contributed by atoms with Gasteiger partial charge in [-0.2, -0.15) is 13.1 Å². The quantitative estimate of drug-likeness (QED) is 0.630. The van der Waals surface area contributed by atoms with Gasteiger partial charge < -0.3 is 24.3 Å². The maximum absolute atomic E-state index is 12.9. The Bertz CT molecular complexity index is 1070. The number of anilines is 1. The summed E-state index contributed by atoms with van der Waals surface area (Å²) >= 11 is 0. The minimum atomic E-state index is -3.80. The number of benzene rings is 2. The number of amides is 1. The lowest BCUT2D eigenvalue weighted by molar-refractivity contribution is -0.0512. The fraction of sp³-hybridized carbons (Fsp3) is 0.350. The van der Waals surface area contributed by atoms with Crippen LogP contribution in [0.3, 0.4) is 0 Å². The molecule has 174 valence electrons. The molecule has 1 aliphatic rings. The highest BCUT2D eigenvalue weighted by Gasteiger charge is 2.27. The fourth-order valence-corrected chi connectivity index (χ4v) is 4.51. The summed E-state index contributed by atoms with van der Waals surface area (Å²) in [5.41, 5.74) is 0.200. The van der Waals surface area contributed by atoms with Gasteiger partial charge in [0.25, 0.3) is 5.91 Å². The highest BCUT2D eigenvalue weighted by Crippen LogP contribution is 2.32. The number of carbonyl (C=O) groups is 1. The van der Waals surface area contributed by atoms with Crippen LogP contribution in [0.5, 0.6) is 17.2 Å². The van der Waals surface area contributed by atoms with Crippen LogP contribution in [0.25, 0.3) is 0 Å². The first-order chi connectivity index (χ1) is 15.3. The topological polar surface area (TPSA) is 103 Å². The number of carbonyl (C=O) groups excluding carboxylic acids is 1. The lowest BCUT2D eigenvalue weighted by Gasteiger charge is -2.26. The van der Waals surface area contributed by atoms with Crippen LogP contribution >= 0.6 is 0 Å². The molecule has 1 amide bonds. The maximum atomic E-state index is 12.9. The van der Waals surface area contributed by atoms with Crippen molar-refractivity contribution >= 4 is 21.6 Å². The number of halogens is 2. The molecule has 1 heterocycles. The number of nitrogens with zero attached hydrogens (tertiary/aromatic N) is 1. The van der Waals surface area contributed by atoms with Crippen molar-refractivity contribution in [2.75, 3.05) is 45.8 Å². The molecule has 9 nitrogen and oxygen atoms in total. The first kappa shape index (κ1) is 23.7. The van der Waals surface area contributed by atoms with E-state index in [-0.39, 0.29) is 46.5 Å². The molecule has 12 heteroatoms. The third kappa shape index (κ3) is 5.26. The van der Waals surface area contributed by atoms with Crippen LogP contribution < -0.4 is 19.5 Å². The van der Waals surface area contributed by atoms with E-state index in [9.17, 15) is 22.0 Å². The molecule has 32 heavy (non-hydrogen) atoms. The molecule has 0 saturated carbocycles. The third-order valence-corrected chi connectivity index (χ3v) is 6.56. The molecule has 0 spiro atoms. The second kappa shape index (κ2) is 10.1. The summed E-state index contributed by atoms with van der Waals surface area (Å²) in [5.74, 6) is -0.682. The second-order valence-corrected chi connectivity index (χ2v) is 8.51. The predicted octanol–water partition coefficient (Wildman–Crippen LogP) is 2.58. The van der Waals surface area contributed by atoms with Gasteiger partial charge in [-0.25, -0.2) is 8.42 Å². The number of nitrogens with one attached hydrogen (secondary N) is 1. The number of sulfonamides is 1. The van der Waals surface area contributed by atoms with Gasteiger partial charge in [0.05, 0.1) is 38.0 Å². The van der Waals surface area contributed by atoms with Crippen molar-refractivity contribution in [3.05, 3.63) is 42.0 Å². The van der Waals surface area contributed by atoms with Crippen LogP contribution in [0.4, 0.5) is 14.5 Å². The van der Waals surface area contributed by atoms with Crippen LogP contribution in [0.1, 0.15) is 10.4 Å². The summed E-state index contributed by atoms with van der Waals surface area (Å²) in [6.45, 7) is -2.01. The van der Waals surface area contributed by atoms with Gasteiger partial charge in [0.2, 0.25) is 10.0 Å². The van der Waals surface area contributed by atoms with Crippen LogP contribution in [0, 0.1) is 0 Å². The van der Waals surface area contributed by atoms with Gasteiger partial charge in [-0.1, -0.05) is 0 Å². The van der Waals surface area contributed by atoms with Gasteiger partial charge in [0.15, 0.2) is 11.5 Å². The summed E-state index contributed by atoms with van der Waals surface area (Å²) in [7, 11) is -1.17. The molecule has 1 N–H and O–H groups in total. The highest BCUT2D eigenvalue weighted by atomic mass is 32.2. The number of alkyl halides is 2. The minimum Gasteiger partial charge on any atom is -0.495 e. The van der Waals surface area contributed by atoms with Gasteiger partial charge in [-0.3, -0.25) is 4.79 Å². The Morgan fingerprint density at radius 3 is 2.31 bits per heavy atom. The first-order valence-corrected chi connectivity index (χ1v) is 10.9. The summed E-state index contributed by atoms with van der Waals surface area (Å²) in [5, 5.41) is 2.59. The number of rotatable bonds is 8. The summed E-state index contributed by atoms with van der Waals surface area (Å²) in [4.78, 5) is 12.7. The van der Waals surface area contributed by atoms with E-state index in [2.05, 4.69) is 10.1 Å². The second-order valence-electron chi connectivity index (χ2n) is 6.58.